The van der Waals surface area contributed by atoms with Gasteiger partial charge < -0.3 is 15.2 Å². The minimum atomic E-state index is -5.39. The first kappa shape index (κ1) is 19.5. The smallest absolute Gasteiger partial charge is 0.428 e. The van der Waals surface area contributed by atoms with Crippen molar-refractivity contribution in [1.29, 1.82) is 0 Å². The molecule has 0 fully saturated rings. The number of halogens is 5. The number of hydrogen-bond acceptors (Lipinski definition) is 4. The summed E-state index contributed by atoms with van der Waals surface area (Å²) in [4.78, 5) is 23.2. The maximum atomic E-state index is 12.9. The van der Waals surface area contributed by atoms with Crippen LogP contribution in [0.15, 0.2) is 18.2 Å². The van der Waals surface area contributed by atoms with Crippen molar-refractivity contribution in [3.05, 3.63) is 28.2 Å². The fourth-order valence-electron chi connectivity index (χ4n) is 1.57. The van der Waals surface area contributed by atoms with E-state index in [9.17, 15) is 27.9 Å². The standard InChI is InChI=1S/C13H12Cl2F3NO4/c1-2-23-11(21)12(22,13(16,17)18)6-9(20)19-8-5-3-4-7(14)10(8)15/h3-5,22H,2,6H2,1H3,(H,19,20). The number of esters is 1. The summed E-state index contributed by atoms with van der Waals surface area (Å²) in [6, 6.07) is 4.11. The third-order valence-electron chi connectivity index (χ3n) is 2.72. The van der Waals surface area contributed by atoms with E-state index in [1.807, 2.05) is 0 Å². The molecule has 0 aliphatic carbocycles. The second kappa shape index (κ2) is 7.37. The van der Waals surface area contributed by atoms with Crippen LogP contribution in [-0.4, -0.2) is 35.4 Å². The molecular weight excluding hydrogens is 362 g/mol. The molecule has 1 unspecified atom stereocenters. The average Bonchev–Trinajstić information content (AvgIpc) is 2.42. The molecule has 0 saturated heterocycles. The lowest BCUT2D eigenvalue weighted by Crippen LogP contribution is -2.54. The van der Waals surface area contributed by atoms with Crippen LogP contribution in [0.2, 0.25) is 10.0 Å². The molecule has 128 valence electrons. The van der Waals surface area contributed by atoms with E-state index in [0.717, 1.165) is 0 Å². The highest BCUT2D eigenvalue weighted by Gasteiger charge is 2.61. The SMILES string of the molecule is CCOC(=O)C(O)(CC(=O)Nc1cccc(Cl)c1Cl)C(F)(F)F. The molecule has 0 aliphatic rings. The molecule has 1 rings (SSSR count). The normalized spacial score (nSPS) is 14.0. The van der Waals surface area contributed by atoms with Crippen molar-refractivity contribution in [3.63, 3.8) is 0 Å². The number of hydrogen-bond donors (Lipinski definition) is 2. The highest BCUT2D eigenvalue weighted by atomic mass is 35.5. The van der Waals surface area contributed by atoms with Gasteiger partial charge in [-0.25, -0.2) is 4.79 Å². The van der Waals surface area contributed by atoms with Gasteiger partial charge in [0.25, 0.3) is 5.60 Å². The molecule has 23 heavy (non-hydrogen) atoms. The van der Waals surface area contributed by atoms with Gasteiger partial charge in [-0.05, 0) is 19.1 Å². The van der Waals surface area contributed by atoms with Crippen molar-refractivity contribution in [3.8, 4) is 0 Å². The predicted octanol–water partition coefficient (Wildman–Crippen LogP) is 3.18. The molecule has 0 bridgehead atoms. The molecular formula is C13H12Cl2F3NO4. The molecule has 0 spiro atoms. The Balaban J connectivity index is 2.98. The number of alkyl halides is 3. The number of anilines is 1. The van der Waals surface area contributed by atoms with Gasteiger partial charge in [0.05, 0.1) is 28.8 Å². The Morgan fingerprint density at radius 1 is 1.30 bits per heavy atom. The van der Waals surface area contributed by atoms with Gasteiger partial charge in [-0.15, -0.1) is 0 Å². The summed E-state index contributed by atoms with van der Waals surface area (Å²) in [5, 5.41) is 11.6. The minimum absolute atomic E-state index is 0.0578. The summed E-state index contributed by atoms with van der Waals surface area (Å²) in [5.41, 5.74) is -4.02. The Labute approximate surface area is 139 Å². The van der Waals surface area contributed by atoms with Gasteiger partial charge in [0.1, 0.15) is 0 Å². The van der Waals surface area contributed by atoms with Gasteiger partial charge in [0, 0.05) is 0 Å². The molecule has 0 aromatic heterocycles. The second-order valence-electron chi connectivity index (χ2n) is 4.40. The lowest BCUT2D eigenvalue weighted by Gasteiger charge is -2.27. The Morgan fingerprint density at radius 2 is 1.91 bits per heavy atom. The van der Waals surface area contributed by atoms with Crippen molar-refractivity contribution in [1.82, 2.24) is 0 Å². The number of aliphatic hydroxyl groups is 1. The Hall–Kier alpha value is -1.51. The maximum Gasteiger partial charge on any atom is 0.428 e. The van der Waals surface area contributed by atoms with E-state index >= 15 is 0 Å². The molecule has 10 heteroatoms. The average molecular weight is 374 g/mol. The summed E-state index contributed by atoms with van der Waals surface area (Å²) in [6.07, 6.45) is -6.98. The van der Waals surface area contributed by atoms with Crippen LogP contribution in [0.4, 0.5) is 18.9 Å². The van der Waals surface area contributed by atoms with Gasteiger partial charge in [0.15, 0.2) is 0 Å². The van der Waals surface area contributed by atoms with E-state index < -0.39 is 30.1 Å². The zero-order chi connectivity index (χ0) is 17.8. The highest BCUT2D eigenvalue weighted by Crippen LogP contribution is 2.35. The van der Waals surface area contributed by atoms with E-state index in [0.29, 0.717) is 0 Å². The molecule has 1 amide bonds. The fraction of sp³-hybridized carbons (Fsp3) is 0.385. The van der Waals surface area contributed by atoms with Crippen LogP contribution in [0.25, 0.3) is 0 Å². The lowest BCUT2D eigenvalue weighted by atomic mass is 9.98. The number of ether oxygens (including phenoxy) is 1. The monoisotopic (exact) mass is 373 g/mol. The molecule has 1 atom stereocenters. The van der Waals surface area contributed by atoms with Crippen LogP contribution in [0.3, 0.4) is 0 Å². The van der Waals surface area contributed by atoms with E-state index in [2.05, 4.69) is 10.1 Å². The van der Waals surface area contributed by atoms with Crippen molar-refractivity contribution in [2.75, 3.05) is 11.9 Å². The van der Waals surface area contributed by atoms with Gasteiger partial charge >= 0.3 is 12.1 Å². The second-order valence-corrected chi connectivity index (χ2v) is 5.19. The van der Waals surface area contributed by atoms with Crippen LogP contribution >= 0.6 is 23.2 Å². The molecule has 1 aromatic rings. The van der Waals surface area contributed by atoms with E-state index in [1.165, 1.54) is 25.1 Å². The molecule has 5 nitrogen and oxygen atoms in total. The Bertz CT molecular complexity index is 609. The Morgan fingerprint density at radius 3 is 2.43 bits per heavy atom. The van der Waals surface area contributed by atoms with Crippen molar-refractivity contribution < 1.29 is 32.6 Å². The lowest BCUT2D eigenvalue weighted by molar-refractivity contribution is -0.262. The zero-order valence-corrected chi connectivity index (χ0v) is 13.2. The van der Waals surface area contributed by atoms with Crippen LogP contribution < -0.4 is 5.32 Å². The summed E-state index contributed by atoms with van der Waals surface area (Å²) in [7, 11) is 0. The van der Waals surface area contributed by atoms with Crippen LogP contribution in [0, 0.1) is 0 Å². The molecule has 0 heterocycles. The molecule has 0 saturated carbocycles. The number of carbonyl (C=O) groups is 2. The topological polar surface area (TPSA) is 75.6 Å². The van der Waals surface area contributed by atoms with Gasteiger partial charge in [-0.2, -0.15) is 13.2 Å². The fourth-order valence-corrected chi connectivity index (χ4v) is 1.91. The summed E-state index contributed by atoms with van der Waals surface area (Å²) < 4.78 is 43.0. The van der Waals surface area contributed by atoms with Gasteiger partial charge in [-0.1, -0.05) is 29.3 Å². The number of rotatable bonds is 5. The predicted molar refractivity (Wildman–Crippen MR) is 77.3 cm³/mol. The van der Waals surface area contributed by atoms with E-state index in [1.54, 1.807) is 0 Å². The summed E-state index contributed by atoms with van der Waals surface area (Å²) in [6.45, 7) is 0.874. The summed E-state index contributed by atoms with van der Waals surface area (Å²) >= 11 is 11.5. The first-order valence-corrected chi connectivity index (χ1v) is 6.98. The van der Waals surface area contributed by atoms with E-state index in [-0.39, 0.29) is 22.3 Å². The maximum absolute atomic E-state index is 12.9. The van der Waals surface area contributed by atoms with Crippen LogP contribution in [0.5, 0.6) is 0 Å². The molecule has 0 radical (unpaired) electrons. The first-order chi connectivity index (χ1) is 10.5. The zero-order valence-electron chi connectivity index (χ0n) is 11.7. The van der Waals surface area contributed by atoms with Crippen molar-refractivity contribution in [2.45, 2.75) is 25.1 Å². The third kappa shape index (κ3) is 4.49. The third-order valence-corrected chi connectivity index (χ3v) is 3.54. The molecule has 1 aromatic carbocycles. The van der Waals surface area contributed by atoms with Crippen LogP contribution in [0.1, 0.15) is 13.3 Å². The minimum Gasteiger partial charge on any atom is -0.464 e. The van der Waals surface area contributed by atoms with Crippen molar-refractivity contribution >= 4 is 40.8 Å². The van der Waals surface area contributed by atoms with Crippen molar-refractivity contribution in [2.24, 2.45) is 0 Å². The quantitative estimate of drug-likeness (QED) is 0.777. The van der Waals surface area contributed by atoms with Crippen LogP contribution in [-0.2, 0) is 14.3 Å². The Kier molecular flexibility index (Phi) is 6.26. The van der Waals surface area contributed by atoms with Gasteiger partial charge in [0.2, 0.25) is 5.91 Å². The number of amides is 1. The first-order valence-electron chi connectivity index (χ1n) is 6.23. The summed E-state index contributed by atoms with van der Waals surface area (Å²) in [5.74, 6) is -3.25. The van der Waals surface area contributed by atoms with E-state index in [4.69, 9.17) is 23.2 Å². The molecule has 0 aliphatic heterocycles. The number of nitrogens with one attached hydrogen (secondary N) is 1. The highest BCUT2D eigenvalue weighted by molar-refractivity contribution is 6.44. The molecule has 2 N–H and O–H groups in total. The number of carbonyl (C=O) groups excluding carboxylic acids is 2. The van der Waals surface area contributed by atoms with Gasteiger partial charge in [-0.3, -0.25) is 4.79 Å². The number of benzene rings is 1. The largest absolute Gasteiger partial charge is 0.464 e.